The summed E-state index contributed by atoms with van der Waals surface area (Å²) in [4.78, 5) is 10.0. The van der Waals surface area contributed by atoms with E-state index >= 15 is 0 Å². The van der Waals surface area contributed by atoms with E-state index in [0.29, 0.717) is 0 Å². The van der Waals surface area contributed by atoms with Crippen LogP contribution in [0, 0.1) is 0 Å². The maximum absolute atomic E-state index is 6.59. The summed E-state index contributed by atoms with van der Waals surface area (Å²) in [5.41, 5.74) is 22.5. The first-order valence-electron chi connectivity index (χ1n) is 13.7. The van der Waals surface area contributed by atoms with Gasteiger partial charge in [-0.25, -0.2) is 4.98 Å². The molecule has 2 heterocycles. The molecule has 2 saturated carbocycles. The average Bonchev–Trinajstić information content (AvgIpc) is 2.94. The van der Waals surface area contributed by atoms with Crippen molar-refractivity contribution in [3.8, 4) is 33.6 Å². The van der Waals surface area contributed by atoms with Crippen LogP contribution in [0.5, 0.6) is 0 Å². The van der Waals surface area contributed by atoms with Crippen molar-refractivity contribution in [3.05, 3.63) is 108 Å². The van der Waals surface area contributed by atoms with Crippen LogP contribution in [0.25, 0.3) is 44.5 Å². The van der Waals surface area contributed by atoms with Crippen LogP contribution in [0.3, 0.4) is 0 Å². The zero-order valence-corrected chi connectivity index (χ0v) is 24.0. The number of benzene rings is 3. The molecule has 2 aromatic heterocycles. The molecule has 40 heavy (non-hydrogen) atoms. The van der Waals surface area contributed by atoms with Gasteiger partial charge in [-0.05, 0) is 67.3 Å². The third kappa shape index (κ3) is 4.80. The number of aromatic nitrogens is 2. The third-order valence-corrected chi connectivity index (χ3v) is 8.79. The SMILES string of the molecule is Cl.Cl.NC1(c2ccc(-c3nc4ccnc(-c5ccc(C6(N)CCC6)cc5)c4cc3-c3ccccc3)cc2)CCC1. The molecule has 0 amide bonds. The molecule has 0 aliphatic heterocycles. The summed E-state index contributed by atoms with van der Waals surface area (Å²) in [5, 5.41) is 1.04. The largest absolute Gasteiger partial charge is 0.321 e. The zero-order chi connectivity index (χ0) is 25.7. The molecule has 204 valence electrons. The molecular formula is C34H34Cl2N4. The van der Waals surface area contributed by atoms with Crippen LogP contribution in [-0.2, 0) is 11.1 Å². The summed E-state index contributed by atoms with van der Waals surface area (Å²) in [7, 11) is 0. The fraction of sp³-hybridized carbons (Fsp3) is 0.235. The molecule has 5 aromatic rings. The van der Waals surface area contributed by atoms with E-state index in [9.17, 15) is 0 Å². The van der Waals surface area contributed by atoms with Crippen LogP contribution in [0.4, 0.5) is 0 Å². The van der Waals surface area contributed by atoms with Gasteiger partial charge in [0.2, 0.25) is 0 Å². The second-order valence-electron chi connectivity index (χ2n) is 11.2. The van der Waals surface area contributed by atoms with Gasteiger partial charge in [0, 0.05) is 39.4 Å². The first-order chi connectivity index (χ1) is 18.5. The number of halogens is 2. The maximum atomic E-state index is 6.59. The van der Waals surface area contributed by atoms with Crippen molar-refractivity contribution >= 4 is 35.7 Å². The van der Waals surface area contributed by atoms with Gasteiger partial charge in [-0.3, -0.25) is 4.98 Å². The van der Waals surface area contributed by atoms with Gasteiger partial charge in [-0.15, -0.1) is 24.8 Å². The Morgan fingerprint density at radius 3 is 1.60 bits per heavy atom. The molecule has 7 rings (SSSR count). The van der Waals surface area contributed by atoms with Crippen molar-refractivity contribution in [2.24, 2.45) is 11.5 Å². The van der Waals surface area contributed by atoms with Crippen LogP contribution >= 0.6 is 24.8 Å². The maximum Gasteiger partial charge on any atom is 0.0796 e. The molecule has 0 spiro atoms. The van der Waals surface area contributed by atoms with Gasteiger partial charge < -0.3 is 11.5 Å². The summed E-state index contributed by atoms with van der Waals surface area (Å²) in [6.45, 7) is 0. The van der Waals surface area contributed by atoms with Crippen molar-refractivity contribution in [2.45, 2.75) is 49.6 Å². The highest BCUT2D eigenvalue weighted by Crippen LogP contribution is 2.42. The number of pyridine rings is 2. The molecule has 0 saturated heterocycles. The summed E-state index contributed by atoms with van der Waals surface area (Å²) in [6.07, 6.45) is 8.49. The van der Waals surface area contributed by atoms with Gasteiger partial charge >= 0.3 is 0 Å². The summed E-state index contributed by atoms with van der Waals surface area (Å²) in [6, 6.07) is 32.1. The fourth-order valence-electron chi connectivity index (χ4n) is 6.00. The minimum atomic E-state index is -0.171. The minimum Gasteiger partial charge on any atom is -0.321 e. The van der Waals surface area contributed by atoms with E-state index in [-0.39, 0.29) is 35.9 Å². The Balaban J connectivity index is 0.00000161. The Hall–Kier alpha value is -3.28. The summed E-state index contributed by atoms with van der Waals surface area (Å²) >= 11 is 0. The molecule has 2 fully saturated rings. The molecule has 6 heteroatoms. The normalized spacial score (nSPS) is 16.6. The summed E-state index contributed by atoms with van der Waals surface area (Å²) < 4.78 is 0. The van der Waals surface area contributed by atoms with Crippen LogP contribution in [0.15, 0.2) is 97.2 Å². The standard InChI is InChI=1S/C34H32N4.2ClH/c35-33(17-4-18-33)26-12-8-24(9-13-26)31-29-22-28(23-6-2-1-3-7-23)32(38-30(29)16-21-37-31)25-10-14-27(15-11-25)34(36)19-5-20-34;;/h1-3,6-16,21-22H,4-5,17-20,35-36H2;2*1H. The van der Waals surface area contributed by atoms with Crippen molar-refractivity contribution in [3.63, 3.8) is 0 Å². The quantitative estimate of drug-likeness (QED) is 0.224. The molecular weight excluding hydrogens is 535 g/mol. The van der Waals surface area contributed by atoms with Gasteiger partial charge in [0.15, 0.2) is 0 Å². The molecule has 0 bridgehead atoms. The third-order valence-electron chi connectivity index (χ3n) is 8.79. The second kappa shape index (κ2) is 10.9. The topological polar surface area (TPSA) is 77.8 Å². The van der Waals surface area contributed by atoms with E-state index in [0.717, 1.165) is 70.2 Å². The molecule has 2 aliphatic rings. The molecule has 4 N–H and O–H groups in total. The van der Waals surface area contributed by atoms with E-state index in [2.05, 4.69) is 78.9 Å². The lowest BCUT2D eigenvalue weighted by Crippen LogP contribution is -2.43. The van der Waals surface area contributed by atoms with Crippen molar-refractivity contribution < 1.29 is 0 Å². The first kappa shape index (κ1) is 28.3. The van der Waals surface area contributed by atoms with E-state index in [1.807, 2.05) is 18.3 Å². The Labute approximate surface area is 248 Å². The monoisotopic (exact) mass is 568 g/mol. The molecule has 3 aromatic carbocycles. The lowest BCUT2D eigenvalue weighted by Gasteiger charge is -2.38. The number of hydrogen-bond acceptors (Lipinski definition) is 4. The van der Waals surface area contributed by atoms with E-state index in [1.165, 1.54) is 24.0 Å². The van der Waals surface area contributed by atoms with Crippen LogP contribution in [-0.4, -0.2) is 9.97 Å². The Bertz CT molecular complexity index is 1630. The molecule has 2 aliphatic carbocycles. The highest BCUT2D eigenvalue weighted by molar-refractivity contribution is 5.98. The molecule has 0 atom stereocenters. The van der Waals surface area contributed by atoms with Gasteiger partial charge in [0.1, 0.15) is 0 Å². The van der Waals surface area contributed by atoms with Gasteiger partial charge in [-0.2, -0.15) is 0 Å². The van der Waals surface area contributed by atoms with E-state index in [1.54, 1.807) is 0 Å². The van der Waals surface area contributed by atoms with Crippen LogP contribution < -0.4 is 11.5 Å². The lowest BCUT2D eigenvalue weighted by molar-refractivity contribution is 0.253. The van der Waals surface area contributed by atoms with Gasteiger partial charge in [-0.1, -0.05) is 78.9 Å². The molecule has 0 radical (unpaired) electrons. The molecule has 0 unspecified atom stereocenters. The van der Waals surface area contributed by atoms with Crippen molar-refractivity contribution in [1.29, 1.82) is 0 Å². The van der Waals surface area contributed by atoms with Crippen LogP contribution in [0.2, 0.25) is 0 Å². The van der Waals surface area contributed by atoms with E-state index < -0.39 is 0 Å². The first-order valence-corrected chi connectivity index (χ1v) is 13.7. The summed E-state index contributed by atoms with van der Waals surface area (Å²) in [5.74, 6) is 0. The lowest BCUT2D eigenvalue weighted by atomic mass is 9.72. The smallest absolute Gasteiger partial charge is 0.0796 e. The second-order valence-corrected chi connectivity index (χ2v) is 11.2. The zero-order valence-electron chi connectivity index (χ0n) is 22.3. The Kier molecular flexibility index (Phi) is 7.73. The van der Waals surface area contributed by atoms with Gasteiger partial charge in [0.25, 0.3) is 0 Å². The van der Waals surface area contributed by atoms with E-state index in [4.69, 9.17) is 21.4 Å². The predicted molar refractivity (Wildman–Crippen MR) is 170 cm³/mol. The number of hydrogen-bond donors (Lipinski definition) is 2. The highest BCUT2D eigenvalue weighted by Gasteiger charge is 2.35. The predicted octanol–water partition coefficient (Wildman–Crippen LogP) is 8.15. The van der Waals surface area contributed by atoms with Crippen molar-refractivity contribution in [1.82, 2.24) is 9.97 Å². The highest BCUT2D eigenvalue weighted by atomic mass is 35.5. The Morgan fingerprint density at radius 2 is 1.10 bits per heavy atom. The van der Waals surface area contributed by atoms with Gasteiger partial charge in [0.05, 0.1) is 16.9 Å². The van der Waals surface area contributed by atoms with Crippen LogP contribution in [0.1, 0.15) is 49.7 Å². The number of fused-ring (bicyclic) bond motifs is 1. The number of rotatable bonds is 5. The average molecular weight is 570 g/mol. The minimum absolute atomic E-state index is 0. The number of nitrogens with two attached hydrogens (primary N) is 2. The fourth-order valence-corrected chi connectivity index (χ4v) is 6.00. The van der Waals surface area contributed by atoms with Crippen molar-refractivity contribution in [2.75, 3.05) is 0 Å². The molecule has 4 nitrogen and oxygen atoms in total. The number of nitrogens with zero attached hydrogens (tertiary/aromatic N) is 2. The Morgan fingerprint density at radius 1 is 0.575 bits per heavy atom.